The van der Waals surface area contributed by atoms with Crippen LogP contribution in [0.4, 0.5) is 0 Å². The summed E-state index contributed by atoms with van der Waals surface area (Å²) >= 11 is 0. The Hall–Kier alpha value is -0.0800. The van der Waals surface area contributed by atoms with Crippen LogP contribution in [0.1, 0.15) is 71.1 Å². The topological polar surface area (TPSA) is 40.5 Å². The van der Waals surface area contributed by atoms with Gasteiger partial charge in [0.1, 0.15) is 6.10 Å². The molecule has 0 aromatic rings. The summed E-state index contributed by atoms with van der Waals surface area (Å²) in [5, 5.41) is 20.3. The number of hydrogen-bond acceptors (Lipinski definition) is 2. The molecule has 1 aliphatic rings. The molecule has 5 radical (unpaired) electrons. The van der Waals surface area contributed by atoms with E-state index in [2.05, 4.69) is 6.92 Å². The molecule has 0 bridgehead atoms. The number of hydrogen-bond donors (Lipinski definition) is 2. The number of aliphatic hydroxyl groups excluding tert-OH is 1. The zero-order chi connectivity index (χ0) is 11.1. The highest BCUT2D eigenvalue weighted by molar-refractivity contribution is 4.99. The van der Waals surface area contributed by atoms with Crippen LogP contribution in [0.2, 0.25) is 0 Å². The van der Waals surface area contributed by atoms with Gasteiger partial charge in [-0.25, -0.2) is 0 Å². The van der Waals surface area contributed by atoms with Crippen molar-refractivity contribution >= 4 is 0 Å². The SMILES string of the molecule is CCCC1(O)CCCCCCCC[C]1O.[CH2].[CH2]. The van der Waals surface area contributed by atoms with Gasteiger partial charge in [-0.05, 0) is 19.3 Å². The minimum atomic E-state index is -0.883. The van der Waals surface area contributed by atoms with Crippen molar-refractivity contribution in [2.24, 2.45) is 0 Å². The largest absolute Gasteiger partial charge is 0.387 e. The first-order chi connectivity index (χ1) is 7.19. The second-order valence-electron chi connectivity index (χ2n) is 4.85. The molecule has 0 heterocycles. The molecule has 1 saturated carbocycles. The van der Waals surface area contributed by atoms with E-state index in [4.69, 9.17) is 0 Å². The Morgan fingerprint density at radius 1 is 1.00 bits per heavy atom. The Balaban J connectivity index is 0. The van der Waals surface area contributed by atoms with Gasteiger partial charge in [0.15, 0.2) is 0 Å². The van der Waals surface area contributed by atoms with Gasteiger partial charge in [-0.1, -0.05) is 66.7 Å². The van der Waals surface area contributed by atoms with Crippen LogP contribution in [-0.2, 0) is 0 Å². The molecule has 2 heteroatoms. The summed E-state index contributed by atoms with van der Waals surface area (Å²) < 4.78 is 0. The van der Waals surface area contributed by atoms with Crippen LogP contribution in [0, 0.1) is 21.0 Å². The van der Waals surface area contributed by atoms with E-state index in [1.165, 1.54) is 25.7 Å². The zero-order valence-corrected chi connectivity index (χ0v) is 11.4. The maximum absolute atomic E-state index is 10.4. The summed E-state index contributed by atoms with van der Waals surface area (Å²) in [6.07, 6.45) is 10.4. The van der Waals surface area contributed by atoms with E-state index in [1.54, 1.807) is 0 Å². The van der Waals surface area contributed by atoms with Gasteiger partial charge in [0.25, 0.3) is 0 Å². The van der Waals surface area contributed by atoms with Gasteiger partial charge in [0, 0.05) is 0 Å². The second kappa shape index (κ2) is 9.90. The first-order valence-electron chi connectivity index (χ1n) is 6.46. The van der Waals surface area contributed by atoms with E-state index in [9.17, 15) is 10.2 Å². The fraction of sp³-hybridized carbons (Fsp3) is 0.800. The van der Waals surface area contributed by atoms with Crippen molar-refractivity contribution in [1.29, 1.82) is 0 Å². The van der Waals surface area contributed by atoms with Crippen molar-refractivity contribution in [2.75, 3.05) is 0 Å². The molecule has 1 fully saturated rings. The van der Waals surface area contributed by atoms with Crippen LogP contribution >= 0.6 is 0 Å². The molecule has 1 aliphatic carbocycles. The molecule has 101 valence electrons. The average molecular weight is 241 g/mol. The van der Waals surface area contributed by atoms with Gasteiger partial charge >= 0.3 is 0 Å². The van der Waals surface area contributed by atoms with Crippen molar-refractivity contribution in [3.8, 4) is 0 Å². The minimum absolute atomic E-state index is 0. The third-order valence-corrected chi connectivity index (χ3v) is 3.45. The molecule has 0 aromatic carbocycles. The predicted molar refractivity (Wildman–Crippen MR) is 72.7 cm³/mol. The van der Waals surface area contributed by atoms with Gasteiger partial charge in [0.05, 0.1) is 5.60 Å². The van der Waals surface area contributed by atoms with E-state index < -0.39 is 5.60 Å². The van der Waals surface area contributed by atoms with Gasteiger partial charge in [0.2, 0.25) is 0 Å². The van der Waals surface area contributed by atoms with Crippen LogP contribution in [0.15, 0.2) is 0 Å². The summed E-state index contributed by atoms with van der Waals surface area (Å²) in [6, 6.07) is 0. The lowest BCUT2D eigenvalue weighted by Gasteiger charge is -2.33. The molecule has 2 N–H and O–H groups in total. The molecule has 1 rings (SSSR count). The van der Waals surface area contributed by atoms with Crippen LogP contribution < -0.4 is 0 Å². The Morgan fingerprint density at radius 3 is 2.12 bits per heavy atom. The Kier molecular flexibility index (Phi) is 11.2. The van der Waals surface area contributed by atoms with Crippen LogP contribution in [0.25, 0.3) is 0 Å². The van der Waals surface area contributed by atoms with E-state index in [1.807, 2.05) is 0 Å². The smallest absolute Gasteiger partial charge is 0.125 e. The molecule has 0 spiro atoms. The lowest BCUT2D eigenvalue weighted by Crippen LogP contribution is -2.36. The van der Waals surface area contributed by atoms with E-state index in [-0.39, 0.29) is 14.9 Å². The van der Waals surface area contributed by atoms with Crippen molar-refractivity contribution in [3.63, 3.8) is 0 Å². The van der Waals surface area contributed by atoms with Gasteiger partial charge in [-0.2, -0.15) is 0 Å². The lowest BCUT2D eigenvalue weighted by molar-refractivity contribution is -0.0308. The van der Waals surface area contributed by atoms with Crippen LogP contribution in [0.5, 0.6) is 0 Å². The molecule has 0 aliphatic heterocycles. The normalized spacial score (nSPS) is 27.7. The fourth-order valence-corrected chi connectivity index (χ4v) is 2.48. The van der Waals surface area contributed by atoms with Crippen molar-refractivity contribution in [1.82, 2.24) is 0 Å². The standard InChI is InChI=1S/C13H25O2.2CH2/c1-2-10-13(15)11-8-6-4-3-5-7-9-12(13)14;;/h14-15H,2-11H2,1H3;2*1H2. The molecule has 2 nitrogen and oxygen atoms in total. The van der Waals surface area contributed by atoms with Crippen molar-refractivity contribution < 1.29 is 10.2 Å². The number of rotatable bonds is 2. The Morgan fingerprint density at radius 2 is 1.53 bits per heavy atom. The summed E-state index contributed by atoms with van der Waals surface area (Å²) in [4.78, 5) is 0. The molecule has 1 unspecified atom stereocenters. The third kappa shape index (κ3) is 6.42. The molecule has 0 aromatic heterocycles. The molecule has 1 atom stereocenters. The zero-order valence-electron chi connectivity index (χ0n) is 11.4. The monoisotopic (exact) mass is 241 g/mol. The van der Waals surface area contributed by atoms with Crippen molar-refractivity contribution in [3.05, 3.63) is 21.0 Å². The van der Waals surface area contributed by atoms with Gasteiger partial charge in [-0.3, -0.25) is 0 Å². The summed E-state index contributed by atoms with van der Waals surface area (Å²) in [6.45, 7) is 2.06. The summed E-state index contributed by atoms with van der Waals surface area (Å²) in [5.74, 6) is 0. The van der Waals surface area contributed by atoms with E-state index >= 15 is 0 Å². The summed E-state index contributed by atoms with van der Waals surface area (Å²) in [5.41, 5.74) is -0.883. The van der Waals surface area contributed by atoms with Crippen molar-refractivity contribution in [2.45, 2.75) is 76.7 Å². The highest BCUT2D eigenvalue weighted by Crippen LogP contribution is 2.33. The predicted octanol–water partition coefficient (Wildman–Crippen LogP) is 4.21. The Bertz CT molecular complexity index is 170. The number of aliphatic hydroxyl groups is 2. The average Bonchev–Trinajstić information content (AvgIpc) is 2.21. The Labute approximate surface area is 108 Å². The van der Waals surface area contributed by atoms with E-state index in [0.29, 0.717) is 18.9 Å². The lowest BCUT2D eigenvalue weighted by atomic mass is 9.82. The maximum atomic E-state index is 10.4. The van der Waals surface area contributed by atoms with Gasteiger partial charge < -0.3 is 10.2 Å². The molecular formula is C15H29O2. The van der Waals surface area contributed by atoms with Gasteiger partial charge in [-0.15, -0.1) is 0 Å². The van der Waals surface area contributed by atoms with E-state index in [0.717, 1.165) is 25.7 Å². The highest BCUT2D eigenvalue weighted by Gasteiger charge is 2.34. The first-order valence-corrected chi connectivity index (χ1v) is 6.46. The van der Waals surface area contributed by atoms with Crippen LogP contribution in [-0.4, -0.2) is 15.8 Å². The molecule has 0 saturated heterocycles. The molecule has 0 amide bonds. The third-order valence-electron chi connectivity index (χ3n) is 3.45. The quantitative estimate of drug-likeness (QED) is 0.760. The second-order valence-corrected chi connectivity index (χ2v) is 4.85. The highest BCUT2D eigenvalue weighted by atomic mass is 16.3. The molecule has 17 heavy (non-hydrogen) atoms. The fourth-order valence-electron chi connectivity index (χ4n) is 2.48. The minimum Gasteiger partial charge on any atom is -0.387 e. The summed E-state index contributed by atoms with van der Waals surface area (Å²) in [7, 11) is 0. The first kappa shape index (κ1) is 19.3. The van der Waals surface area contributed by atoms with Crippen LogP contribution in [0.3, 0.4) is 0 Å². The molecular weight excluding hydrogens is 212 g/mol. The maximum Gasteiger partial charge on any atom is 0.125 e.